The zero-order chi connectivity index (χ0) is 21.9. The van der Waals surface area contributed by atoms with Gasteiger partial charge in [-0.05, 0) is 56.7 Å². The lowest BCUT2D eigenvalue weighted by molar-refractivity contribution is 0.0613. The Morgan fingerprint density at radius 2 is 1.80 bits per heavy atom. The van der Waals surface area contributed by atoms with Crippen molar-refractivity contribution in [2.24, 2.45) is 18.9 Å². The Morgan fingerprint density at radius 3 is 2.43 bits per heavy atom. The number of carbonyl (C=O) groups excluding carboxylic acids is 1. The first-order valence-electron chi connectivity index (χ1n) is 11.4. The van der Waals surface area contributed by atoms with Crippen molar-refractivity contribution in [3.8, 4) is 0 Å². The molecule has 3 heterocycles. The summed E-state index contributed by atoms with van der Waals surface area (Å²) in [4.78, 5) is 17.9. The average Bonchev–Trinajstić information content (AvgIpc) is 3.12. The van der Waals surface area contributed by atoms with Gasteiger partial charge < -0.3 is 14.4 Å². The van der Waals surface area contributed by atoms with Crippen molar-refractivity contribution < 1.29 is 13.2 Å². The first-order valence-corrected chi connectivity index (χ1v) is 12.9. The summed E-state index contributed by atoms with van der Waals surface area (Å²) in [5, 5.41) is 0. The van der Waals surface area contributed by atoms with E-state index in [4.69, 9.17) is 0 Å². The van der Waals surface area contributed by atoms with Gasteiger partial charge in [0.05, 0.1) is 0 Å². The highest BCUT2D eigenvalue weighted by atomic mass is 32.2. The second-order valence-electron chi connectivity index (χ2n) is 9.00. The van der Waals surface area contributed by atoms with E-state index in [0.29, 0.717) is 24.7 Å². The van der Waals surface area contributed by atoms with Gasteiger partial charge in [-0.15, -0.1) is 0 Å². The monoisotopic (exact) mass is 438 g/mol. The lowest BCUT2D eigenvalue weighted by atomic mass is 9.94. The van der Waals surface area contributed by atoms with E-state index < -0.39 is 10.0 Å². The highest BCUT2D eigenvalue weighted by molar-refractivity contribution is 7.89. The fraction of sp³-hybridized carbons (Fsp3) is 0.773. The van der Waals surface area contributed by atoms with E-state index in [1.807, 2.05) is 18.7 Å². The quantitative estimate of drug-likeness (QED) is 0.656. The van der Waals surface area contributed by atoms with Crippen LogP contribution in [-0.2, 0) is 17.1 Å². The highest BCUT2D eigenvalue weighted by Crippen LogP contribution is 2.24. The number of carbonyl (C=O) groups is 1. The van der Waals surface area contributed by atoms with Crippen LogP contribution in [0.4, 0.5) is 0 Å². The molecule has 0 aromatic carbocycles. The molecule has 3 rings (SSSR count). The zero-order valence-corrected chi connectivity index (χ0v) is 19.8. The van der Waals surface area contributed by atoms with Gasteiger partial charge in [0.25, 0.3) is 5.91 Å². The molecule has 0 radical (unpaired) electrons. The van der Waals surface area contributed by atoms with E-state index in [2.05, 4.69) is 11.8 Å². The molecule has 170 valence electrons. The van der Waals surface area contributed by atoms with E-state index >= 15 is 0 Å². The van der Waals surface area contributed by atoms with Gasteiger partial charge in [-0.3, -0.25) is 4.79 Å². The van der Waals surface area contributed by atoms with Crippen LogP contribution < -0.4 is 0 Å². The largest absolute Gasteiger partial charge is 0.345 e. The zero-order valence-electron chi connectivity index (χ0n) is 19.0. The number of piperidine rings is 2. The molecule has 0 N–H and O–H groups in total. The Labute approximate surface area is 182 Å². The molecule has 0 bridgehead atoms. The first kappa shape index (κ1) is 23.3. The van der Waals surface area contributed by atoms with Crippen LogP contribution in [0.25, 0.3) is 0 Å². The first-order chi connectivity index (χ1) is 14.3. The molecule has 30 heavy (non-hydrogen) atoms. The number of likely N-dealkylation sites (tertiary alicyclic amines) is 2. The van der Waals surface area contributed by atoms with Crippen LogP contribution in [0.5, 0.6) is 0 Å². The van der Waals surface area contributed by atoms with E-state index in [-0.39, 0.29) is 10.8 Å². The van der Waals surface area contributed by atoms with Crippen LogP contribution in [-0.4, -0.2) is 78.8 Å². The number of nitrogens with zero attached hydrogens (tertiary/aromatic N) is 4. The third kappa shape index (κ3) is 5.08. The summed E-state index contributed by atoms with van der Waals surface area (Å²) < 4.78 is 28.8. The molecule has 1 aromatic rings. The van der Waals surface area contributed by atoms with Crippen LogP contribution in [0.15, 0.2) is 17.2 Å². The predicted octanol–water partition coefficient (Wildman–Crippen LogP) is 2.64. The summed E-state index contributed by atoms with van der Waals surface area (Å²) in [5.74, 6) is 1.26. The average molecular weight is 439 g/mol. The van der Waals surface area contributed by atoms with Crippen LogP contribution in [0.3, 0.4) is 0 Å². The van der Waals surface area contributed by atoms with Gasteiger partial charge >= 0.3 is 0 Å². The molecule has 2 aliphatic heterocycles. The van der Waals surface area contributed by atoms with Gasteiger partial charge in [-0.2, -0.15) is 4.31 Å². The SMILES string of the molecule is CCN(CC)S(=O)(=O)c1cc(C(=O)N2CCCC(CN3CCC(C)CC3)C2)n(C)c1. The number of rotatable bonds is 7. The van der Waals surface area contributed by atoms with Gasteiger partial charge in [0.15, 0.2) is 0 Å². The number of hydrogen-bond donors (Lipinski definition) is 0. The summed E-state index contributed by atoms with van der Waals surface area (Å²) >= 11 is 0. The highest BCUT2D eigenvalue weighted by Gasteiger charge is 2.30. The fourth-order valence-electron chi connectivity index (χ4n) is 4.77. The Morgan fingerprint density at radius 1 is 1.13 bits per heavy atom. The van der Waals surface area contributed by atoms with E-state index in [9.17, 15) is 13.2 Å². The molecule has 1 aromatic heterocycles. The molecular weight excluding hydrogens is 400 g/mol. The Kier molecular flexibility index (Phi) is 7.63. The standard InChI is InChI=1S/C22H38N4O3S/c1-5-26(6-2)30(28,29)20-14-21(23(4)17-20)22(27)25-11-7-8-19(16-25)15-24-12-9-18(3)10-13-24/h14,17-19H,5-13,15-16H2,1-4H3. The molecular formula is C22H38N4O3S. The normalized spacial score (nSPS) is 22.0. The lowest BCUT2D eigenvalue weighted by Crippen LogP contribution is -2.45. The predicted molar refractivity (Wildman–Crippen MR) is 119 cm³/mol. The summed E-state index contributed by atoms with van der Waals surface area (Å²) in [6, 6.07) is 1.55. The molecule has 1 amide bonds. The van der Waals surface area contributed by atoms with Gasteiger partial charge in [0.2, 0.25) is 10.0 Å². The third-order valence-electron chi connectivity index (χ3n) is 6.74. The van der Waals surface area contributed by atoms with Crippen molar-refractivity contribution >= 4 is 15.9 Å². The van der Waals surface area contributed by atoms with Gasteiger partial charge in [-0.25, -0.2) is 8.42 Å². The molecule has 1 atom stereocenters. The number of sulfonamides is 1. The van der Waals surface area contributed by atoms with Crippen molar-refractivity contribution in [2.75, 3.05) is 45.8 Å². The maximum absolute atomic E-state index is 13.2. The van der Waals surface area contributed by atoms with Crippen LogP contribution in [0, 0.1) is 11.8 Å². The van der Waals surface area contributed by atoms with Crippen LogP contribution in [0.1, 0.15) is 56.9 Å². The molecule has 2 aliphatic rings. The van der Waals surface area contributed by atoms with Gasteiger partial charge in [0.1, 0.15) is 10.6 Å². The molecule has 8 heteroatoms. The minimum atomic E-state index is -3.57. The maximum atomic E-state index is 13.2. The molecule has 2 fully saturated rings. The maximum Gasteiger partial charge on any atom is 0.270 e. The van der Waals surface area contributed by atoms with E-state index in [1.54, 1.807) is 23.9 Å². The Bertz CT molecular complexity index is 823. The van der Waals surface area contributed by atoms with Crippen molar-refractivity contribution in [1.29, 1.82) is 0 Å². The number of aryl methyl sites for hydroxylation is 1. The minimum Gasteiger partial charge on any atom is -0.345 e. The van der Waals surface area contributed by atoms with Crippen molar-refractivity contribution in [3.05, 3.63) is 18.0 Å². The van der Waals surface area contributed by atoms with E-state index in [0.717, 1.165) is 51.5 Å². The summed E-state index contributed by atoms with van der Waals surface area (Å²) in [6.45, 7) is 11.7. The van der Waals surface area contributed by atoms with Crippen molar-refractivity contribution in [2.45, 2.75) is 51.3 Å². The Balaban J connectivity index is 1.68. The minimum absolute atomic E-state index is 0.0598. The number of amides is 1. The van der Waals surface area contributed by atoms with Gasteiger partial charge in [-0.1, -0.05) is 20.8 Å². The molecule has 7 nitrogen and oxygen atoms in total. The van der Waals surface area contributed by atoms with Gasteiger partial charge in [0, 0.05) is 46.0 Å². The van der Waals surface area contributed by atoms with Crippen molar-refractivity contribution in [1.82, 2.24) is 18.7 Å². The second-order valence-corrected chi connectivity index (χ2v) is 10.9. The topological polar surface area (TPSA) is 65.9 Å². The van der Waals surface area contributed by atoms with Crippen molar-refractivity contribution in [3.63, 3.8) is 0 Å². The number of aromatic nitrogens is 1. The third-order valence-corrected chi connectivity index (χ3v) is 8.76. The molecule has 0 saturated carbocycles. The summed E-state index contributed by atoms with van der Waals surface area (Å²) in [6.07, 6.45) is 6.27. The van der Waals surface area contributed by atoms with Crippen LogP contribution in [0.2, 0.25) is 0 Å². The lowest BCUT2D eigenvalue weighted by Gasteiger charge is -2.37. The van der Waals surface area contributed by atoms with Crippen LogP contribution >= 0.6 is 0 Å². The smallest absolute Gasteiger partial charge is 0.270 e. The second kappa shape index (κ2) is 9.83. The molecule has 2 saturated heterocycles. The van der Waals surface area contributed by atoms with E-state index in [1.165, 1.54) is 17.1 Å². The molecule has 1 unspecified atom stereocenters. The summed E-state index contributed by atoms with van der Waals surface area (Å²) in [5.41, 5.74) is 0.452. The molecule has 0 aliphatic carbocycles. The fourth-order valence-corrected chi connectivity index (χ4v) is 6.30. The summed E-state index contributed by atoms with van der Waals surface area (Å²) in [7, 11) is -1.81. The molecule has 0 spiro atoms. The number of hydrogen-bond acceptors (Lipinski definition) is 4. The Hall–Kier alpha value is -1.38.